The minimum Gasteiger partial charge on any atom is -0.453 e. The van der Waals surface area contributed by atoms with E-state index in [1.165, 1.54) is 14.2 Å². The Hall–Kier alpha value is -6.70. The van der Waals surface area contributed by atoms with Crippen LogP contribution in [0, 0.1) is 11.8 Å². The Balaban J connectivity index is 0.943. The van der Waals surface area contributed by atoms with Crippen LogP contribution in [0.4, 0.5) is 9.59 Å². The van der Waals surface area contributed by atoms with Gasteiger partial charge in [-0.3, -0.25) is 9.59 Å². The number of rotatable bonds is 11. The van der Waals surface area contributed by atoms with Crippen LogP contribution in [0.25, 0.3) is 55.4 Å². The highest BCUT2D eigenvalue weighted by molar-refractivity contribution is 5.88. The summed E-state index contributed by atoms with van der Waals surface area (Å²) in [5.74, 6) is 1.01. The van der Waals surface area contributed by atoms with Crippen molar-refractivity contribution < 1.29 is 28.7 Å². The van der Waals surface area contributed by atoms with E-state index in [0.717, 1.165) is 92.8 Å². The molecule has 14 nitrogen and oxygen atoms in total. The number of alkyl carbamates (subject to hydrolysis) is 2. The molecule has 4 aromatic carbocycles. The Labute approximate surface area is 360 Å². The first-order valence-corrected chi connectivity index (χ1v) is 21.4. The topological polar surface area (TPSA) is 175 Å². The molecule has 4 atom stereocenters. The molecule has 2 aliphatic heterocycles. The molecule has 2 aromatic heterocycles. The monoisotopic (exact) mass is 838 g/mol. The minimum atomic E-state index is -0.688. The molecule has 4 amide bonds. The fraction of sp³-hybridized carbons (Fsp3) is 0.375. The Bertz CT molecular complexity index is 2420. The first kappa shape index (κ1) is 42.0. The van der Waals surface area contributed by atoms with Gasteiger partial charge in [-0.25, -0.2) is 19.6 Å². The van der Waals surface area contributed by atoms with Crippen LogP contribution in [-0.4, -0.2) is 93.1 Å². The van der Waals surface area contributed by atoms with Gasteiger partial charge < -0.3 is 39.9 Å². The van der Waals surface area contributed by atoms with E-state index in [-0.39, 0.29) is 35.7 Å². The first-order chi connectivity index (χ1) is 29.9. The number of aromatic amines is 2. The molecule has 0 aliphatic carbocycles. The Kier molecular flexibility index (Phi) is 12.0. The average molecular weight is 839 g/mol. The van der Waals surface area contributed by atoms with Crippen LogP contribution in [0.15, 0.2) is 84.9 Å². The molecule has 8 rings (SSSR count). The third-order valence-electron chi connectivity index (χ3n) is 12.3. The number of benzene rings is 4. The molecule has 0 unspecified atom stereocenters. The molecule has 4 heterocycles. The summed E-state index contributed by atoms with van der Waals surface area (Å²) < 4.78 is 9.56. The second kappa shape index (κ2) is 17.7. The second-order valence-corrected chi connectivity index (χ2v) is 17.0. The van der Waals surface area contributed by atoms with Gasteiger partial charge in [-0.2, -0.15) is 0 Å². The lowest BCUT2D eigenvalue weighted by atomic mass is 9.98. The number of H-pyrrole nitrogens is 2. The molecular formula is C48H54N8O6. The number of ether oxygens (including phenoxy) is 2. The van der Waals surface area contributed by atoms with E-state index in [4.69, 9.17) is 19.4 Å². The summed E-state index contributed by atoms with van der Waals surface area (Å²) in [6.07, 6.45) is 2.03. The number of aromatic nitrogens is 4. The third kappa shape index (κ3) is 8.46. The van der Waals surface area contributed by atoms with Gasteiger partial charge in [0.1, 0.15) is 23.7 Å². The molecular weight excluding hydrogens is 785 g/mol. The quantitative estimate of drug-likeness (QED) is 0.100. The summed E-state index contributed by atoms with van der Waals surface area (Å²) in [6, 6.07) is 27.6. The maximum atomic E-state index is 13.6. The van der Waals surface area contributed by atoms with Gasteiger partial charge in [-0.05, 0) is 95.2 Å². The van der Waals surface area contributed by atoms with Gasteiger partial charge in [0.2, 0.25) is 11.8 Å². The molecule has 14 heteroatoms. The van der Waals surface area contributed by atoms with Crippen molar-refractivity contribution in [1.82, 2.24) is 40.4 Å². The highest BCUT2D eigenvalue weighted by atomic mass is 16.5. The zero-order valence-corrected chi connectivity index (χ0v) is 36.0. The van der Waals surface area contributed by atoms with Gasteiger partial charge in [0, 0.05) is 13.1 Å². The predicted octanol–water partition coefficient (Wildman–Crippen LogP) is 8.53. The van der Waals surface area contributed by atoms with Crippen molar-refractivity contribution in [1.29, 1.82) is 0 Å². The summed E-state index contributed by atoms with van der Waals surface area (Å²) in [5, 5.41) is 5.42. The molecule has 0 spiro atoms. The summed E-state index contributed by atoms with van der Waals surface area (Å²) in [7, 11) is 2.59. The lowest BCUT2D eigenvalue weighted by molar-refractivity contribution is -0.136. The number of fused-ring (bicyclic) bond motifs is 2. The number of nitrogens with one attached hydrogen (secondary N) is 4. The van der Waals surface area contributed by atoms with E-state index >= 15 is 0 Å². The number of methoxy groups -OCH3 is 2. The standard InChI is InChI=1S/C48H54N8O6/c1-27(2)41(53-47(59)61-5)45(57)55-23-7-9-39(55)43-49-35-21-19-33(25-37(35)51-43)31-15-11-29(12-16-31)30-13-17-32(18-14-30)34-20-22-36-38(26-34)52-44(50-36)40-10-8-24-56(40)46(58)42(28(3)4)54-48(60)62-6/h11-22,25-28,39-42H,7-10,23-24H2,1-6H3,(H,49,51)(H,50,52)(H,53,59)(H,54,60)/t39-,40-,41-,42-/m0/s1. The SMILES string of the molecule is COC(=O)N[C@H](C(=O)N1CCC[C@H]1c1nc2ccc(-c3ccc(-c4ccc(-c5ccc6nc([C@@H]7CCCN7C(=O)[C@@H](NC(=O)OC)C(C)C)[nH]c6c5)cc4)cc3)cc2[nH]1)C(C)C. The van der Waals surface area contributed by atoms with E-state index in [0.29, 0.717) is 13.1 Å². The van der Waals surface area contributed by atoms with Crippen molar-refractivity contribution >= 4 is 46.1 Å². The average Bonchev–Trinajstić information content (AvgIpc) is 4.12. The van der Waals surface area contributed by atoms with Crippen molar-refractivity contribution in [3.05, 3.63) is 96.6 Å². The molecule has 2 aliphatic rings. The van der Waals surface area contributed by atoms with Crippen LogP contribution in [0.3, 0.4) is 0 Å². The van der Waals surface area contributed by atoms with Crippen molar-refractivity contribution in [2.75, 3.05) is 27.3 Å². The fourth-order valence-corrected chi connectivity index (χ4v) is 8.83. The van der Waals surface area contributed by atoms with Gasteiger partial charge in [0.05, 0.1) is 48.4 Å². The molecule has 0 bridgehead atoms. The number of carbonyl (C=O) groups excluding carboxylic acids is 4. The maximum Gasteiger partial charge on any atom is 0.407 e. The molecule has 322 valence electrons. The largest absolute Gasteiger partial charge is 0.453 e. The van der Waals surface area contributed by atoms with Crippen LogP contribution in [0.1, 0.15) is 77.1 Å². The lowest BCUT2D eigenvalue weighted by Gasteiger charge is -2.29. The molecule has 4 N–H and O–H groups in total. The van der Waals surface area contributed by atoms with Crippen molar-refractivity contribution in [2.45, 2.75) is 77.5 Å². The summed E-state index contributed by atoms with van der Waals surface area (Å²) in [4.78, 5) is 71.7. The van der Waals surface area contributed by atoms with Crippen molar-refractivity contribution in [3.63, 3.8) is 0 Å². The zero-order valence-electron chi connectivity index (χ0n) is 36.0. The minimum absolute atomic E-state index is 0.105. The van der Waals surface area contributed by atoms with E-state index in [1.54, 1.807) is 0 Å². The number of hydrogen-bond acceptors (Lipinski definition) is 8. The molecule has 2 fully saturated rings. The highest BCUT2D eigenvalue weighted by Gasteiger charge is 2.39. The van der Waals surface area contributed by atoms with Crippen LogP contribution in [0.5, 0.6) is 0 Å². The fourth-order valence-electron chi connectivity index (χ4n) is 8.83. The van der Waals surface area contributed by atoms with Crippen molar-refractivity contribution in [2.24, 2.45) is 11.8 Å². The van der Waals surface area contributed by atoms with Gasteiger partial charge in [-0.15, -0.1) is 0 Å². The Morgan fingerprint density at radius 2 is 0.903 bits per heavy atom. The van der Waals surface area contributed by atoms with Crippen LogP contribution < -0.4 is 10.6 Å². The summed E-state index contributed by atoms with van der Waals surface area (Å²) >= 11 is 0. The maximum absolute atomic E-state index is 13.6. The van der Waals surface area contributed by atoms with Gasteiger partial charge >= 0.3 is 12.2 Å². The number of carbonyl (C=O) groups is 4. The van der Waals surface area contributed by atoms with Crippen LogP contribution in [0.2, 0.25) is 0 Å². The smallest absolute Gasteiger partial charge is 0.407 e. The van der Waals surface area contributed by atoms with Gasteiger partial charge in [-0.1, -0.05) is 88.4 Å². The van der Waals surface area contributed by atoms with E-state index in [9.17, 15) is 19.2 Å². The highest BCUT2D eigenvalue weighted by Crippen LogP contribution is 2.36. The normalized spacial score (nSPS) is 17.5. The van der Waals surface area contributed by atoms with Gasteiger partial charge in [0.25, 0.3) is 0 Å². The molecule has 0 radical (unpaired) electrons. The van der Waals surface area contributed by atoms with Crippen LogP contribution >= 0.6 is 0 Å². The summed E-state index contributed by atoms with van der Waals surface area (Å²) in [6.45, 7) is 8.83. The first-order valence-electron chi connectivity index (χ1n) is 21.4. The Morgan fingerprint density at radius 3 is 1.24 bits per heavy atom. The van der Waals surface area contributed by atoms with Crippen LogP contribution in [-0.2, 0) is 19.1 Å². The number of imidazole rings is 2. The molecule has 0 saturated carbocycles. The number of hydrogen-bond donors (Lipinski definition) is 4. The Morgan fingerprint density at radius 1 is 0.565 bits per heavy atom. The van der Waals surface area contributed by atoms with E-state index in [2.05, 4.69) is 93.4 Å². The van der Waals surface area contributed by atoms with E-state index < -0.39 is 24.3 Å². The van der Waals surface area contributed by atoms with E-state index in [1.807, 2.05) is 49.6 Å². The zero-order chi connectivity index (χ0) is 43.7. The third-order valence-corrected chi connectivity index (χ3v) is 12.3. The summed E-state index contributed by atoms with van der Waals surface area (Å²) in [5.41, 5.74) is 9.91. The van der Waals surface area contributed by atoms with Crippen molar-refractivity contribution in [3.8, 4) is 33.4 Å². The van der Waals surface area contributed by atoms with Gasteiger partial charge in [0.15, 0.2) is 0 Å². The predicted molar refractivity (Wildman–Crippen MR) is 238 cm³/mol. The molecule has 2 saturated heterocycles. The molecule has 62 heavy (non-hydrogen) atoms. The number of nitrogens with zero attached hydrogens (tertiary/aromatic N) is 4. The second-order valence-electron chi connectivity index (χ2n) is 17.0. The molecule has 6 aromatic rings. The number of likely N-dealkylation sites (tertiary alicyclic amines) is 2. The lowest BCUT2D eigenvalue weighted by Crippen LogP contribution is -2.51. The number of amides is 4.